The van der Waals surface area contributed by atoms with Gasteiger partial charge in [-0.05, 0) is 37.5 Å². The van der Waals surface area contributed by atoms with E-state index < -0.39 is 0 Å². The third kappa shape index (κ3) is 3.29. The molecule has 0 spiro atoms. The monoisotopic (exact) mass is 256 g/mol. The molecule has 0 saturated carbocycles. The smallest absolute Gasteiger partial charge is 0.222 e. The van der Waals surface area contributed by atoms with E-state index in [4.69, 9.17) is 5.73 Å². The van der Waals surface area contributed by atoms with Gasteiger partial charge in [0.2, 0.25) is 5.95 Å². The Bertz CT molecular complexity index is 549. The molecule has 0 fully saturated rings. The van der Waals surface area contributed by atoms with Gasteiger partial charge in [-0.25, -0.2) is 9.97 Å². The average molecular weight is 256 g/mol. The summed E-state index contributed by atoms with van der Waals surface area (Å²) in [4.78, 5) is 8.63. The molecule has 0 saturated heterocycles. The zero-order chi connectivity index (χ0) is 13.8. The Morgan fingerprint density at radius 1 is 1.11 bits per heavy atom. The third-order valence-corrected chi connectivity index (χ3v) is 3.22. The molecule has 1 aromatic carbocycles. The molecule has 19 heavy (non-hydrogen) atoms. The molecule has 1 unspecified atom stereocenters. The molecular weight excluding hydrogens is 236 g/mol. The van der Waals surface area contributed by atoms with E-state index in [1.165, 1.54) is 11.1 Å². The lowest BCUT2D eigenvalue weighted by Crippen LogP contribution is -2.26. The molecule has 3 N–H and O–H groups in total. The van der Waals surface area contributed by atoms with Crippen LogP contribution in [0, 0.1) is 13.8 Å². The Hall–Kier alpha value is -1.94. The molecule has 0 aliphatic rings. The summed E-state index contributed by atoms with van der Waals surface area (Å²) in [7, 11) is 0. The van der Waals surface area contributed by atoms with Crippen molar-refractivity contribution in [2.75, 3.05) is 11.9 Å². The molecule has 2 aromatic rings. The Labute approximate surface area is 114 Å². The van der Waals surface area contributed by atoms with Gasteiger partial charge in [-0.1, -0.05) is 18.2 Å². The van der Waals surface area contributed by atoms with Crippen LogP contribution in [0.3, 0.4) is 0 Å². The normalized spacial score (nSPS) is 12.2. The van der Waals surface area contributed by atoms with Crippen molar-refractivity contribution in [1.82, 2.24) is 9.97 Å². The topological polar surface area (TPSA) is 63.8 Å². The summed E-state index contributed by atoms with van der Waals surface area (Å²) in [5.74, 6) is 0.616. The summed E-state index contributed by atoms with van der Waals surface area (Å²) >= 11 is 0. The first kappa shape index (κ1) is 13.5. The molecule has 100 valence electrons. The number of hydrogen-bond acceptors (Lipinski definition) is 4. The van der Waals surface area contributed by atoms with Crippen molar-refractivity contribution >= 4 is 5.95 Å². The lowest BCUT2D eigenvalue weighted by atomic mass is 10.0. The van der Waals surface area contributed by atoms with Crippen LogP contribution in [0.4, 0.5) is 5.95 Å². The van der Waals surface area contributed by atoms with Crippen LogP contribution in [0.15, 0.2) is 30.6 Å². The number of aromatic nitrogens is 2. The summed E-state index contributed by atoms with van der Waals surface area (Å²) in [6.07, 6.45) is 3.67. The maximum Gasteiger partial charge on any atom is 0.222 e. The van der Waals surface area contributed by atoms with Crippen molar-refractivity contribution in [2.45, 2.75) is 26.8 Å². The Balaban J connectivity index is 2.20. The Kier molecular flexibility index (Phi) is 4.12. The highest BCUT2D eigenvalue weighted by Crippen LogP contribution is 2.21. The van der Waals surface area contributed by atoms with Gasteiger partial charge in [-0.15, -0.1) is 0 Å². The number of nitrogens with zero attached hydrogens (tertiary/aromatic N) is 2. The SMILES string of the molecule is Cc1ccc(-c2cnc(NC(C)CN)nc2)cc1C. The van der Waals surface area contributed by atoms with Crippen LogP contribution in [-0.2, 0) is 0 Å². The fourth-order valence-corrected chi connectivity index (χ4v) is 1.75. The second-order valence-electron chi connectivity index (χ2n) is 4.88. The summed E-state index contributed by atoms with van der Waals surface area (Å²) < 4.78 is 0. The van der Waals surface area contributed by atoms with Gasteiger partial charge < -0.3 is 11.1 Å². The fraction of sp³-hybridized carbons (Fsp3) is 0.333. The van der Waals surface area contributed by atoms with Crippen LogP contribution in [0.5, 0.6) is 0 Å². The molecule has 1 heterocycles. The highest BCUT2D eigenvalue weighted by molar-refractivity contribution is 5.63. The highest BCUT2D eigenvalue weighted by Gasteiger charge is 2.04. The molecule has 1 atom stereocenters. The zero-order valence-electron chi connectivity index (χ0n) is 11.6. The van der Waals surface area contributed by atoms with E-state index in [1.807, 2.05) is 19.3 Å². The van der Waals surface area contributed by atoms with Crippen LogP contribution < -0.4 is 11.1 Å². The number of hydrogen-bond donors (Lipinski definition) is 2. The minimum absolute atomic E-state index is 0.174. The number of anilines is 1. The summed E-state index contributed by atoms with van der Waals surface area (Å²) in [6, 6.07) is 6.54. The molecule has 2 rings (SSSR count). The van der Waals surface area contributed by atoms with Gasteiger partial charge in [0.1, 0.15) is 0 Å². The van der Waals surface area contributed by atoms with Crippen molar-refractivity contribution in [3.63, 3.8) is 0 Å². The van der Waals surface area contributed by atoms with Gasteiger partial charge in [0, 0.05) is 30.5 Å². The first-order chi connectivity index (χ1) is 9.10. The van der Waals surface area contributed by atoms with Crippen LogP contribution in [0.2, 0.25) is 0 Å². The Morgan fingerprint density at radius 2 is 1.79 bits per heavy atom. The zero-order valence-corrected chi connectivity index (χ0v) is 11.6. The number of nitrogens with one attached hydrogen (secondary N) is 1. The van der Waals surface area contributed by atoms with Gasteiger partial charge in [-0.3, -0.25) is 0 Å². The van der Waals surface area contributed by atoms with E-state index in [0.717, 1.165) is 11.1 Å². The summed E-state index contributed by atoms with van der Waals surface area (Å²) in [6.45, 7) is 6.78. The van der Waals surface area contributed by atoms with Gasteiger partial charge in [0.15, 0.2) is 0 Å². The second kappa shape index (κ2) is 5.80. The van der Waals surface area contributed by atoms with E-state index in [0.29, 0.717) is 12.5 Å². The first-order valence-electron chi connectivity index (χ1n) is 6.46. The molecular formula is C15H20N4. The van der Waals surface area contributed by atoms with Crippen LogP contribution in [0.1, 0.15) is 18.1 Å². The van der Waals surface area contributed by atoms with Crippen molar-refractivity contribution in [2.24, 2.45) is 5.73 Å². The van der Waals surface area contributed by atoms with Crippen molar-refractivity contribution in [3.05, 3.63) is 41.7 Å². The van der Waals surface area contributed by atoms with Gasteiger partial charge in [-0.2, -0.15) is 0 Å². The minimum atomic E-state index is 0.174. The molecule has 0 bridgehead atoms. The van der Waals surface area contributed by atoms with E-state index in [9.17, 15) is 0 Å². The number of benzene rings is 1. The Morgan fingerprint density at radius 3 is 2.37 bits per heavy atom. The van der Waals surface area contributed by atoms with E-state index in [2.05, 4.69) is 47.3 Å². The van der Waals surface area contributed by atoms with Crippen LogP contribution >= 0.6 is 0 Å². The number of nitrogens with two attached hydrogens (primary N) is 1. The largest absolute Gasteiger partial charge is 0.351 e. The standard InChI is InChI=1S/C15H20N4/c1-10-4-5-13(6-11(10)2)14-8-17-15(18-9-14)19-12(3)7-16/h4-6,8-9,12H,7,16H2,1-3H3,(H,17,18,19). The molecule has 0 radical (unpaired) electrons. The van der Waals surface area contributed by atoms with Gasteiger partial charge in [0.05, 0.1) is 0 Å². The third-order valence-electron chi connectivity index (χ3n) is 3.22. The number of rotatable bonds is 4. The highest BCUT2D eigenvalue weighted by atomic mass is 15.1. The van der Waals surface area contributed by atoms with E-state index >= 15 is 0 Å². The van der Waals surface area contributed by atoms with E-state index in [1.54, 1.807) is 0 Å². The minimum Gasteiger partial charge on any atom is -0.351 e. The van der Waals surface area contributed by atoms with Gasteiger partial charge >= 0.3 is 0 Å². The maximum atomic E-state index is 5.55. The summed E-state index contributed by atoms with van der Waals surface area (Å²) in [5, 5.41) is 3.14. The summed E-state index contributed by atoms with van der Waals surface area (Å²) in [5.41, 5.74) is 10.3. The van der Waals surface area contributed by atoms with Crippen molar-refractivity contribution in [3.8, 4) is 11.1 Å². The van der Waals surface area contributed by atoms with E-state index in [-0.39, 0.29) is 6.04 Å². The maximum absolute atomic E-state index is 5.55. The molecule has 0 aliphatic heterocycles. The molecule has 4 nitrogen and oxygen atoms in total. The average Bonchev–Trinajstić information content (AvgIpc) is 2.42. The second-order valence-corrected chi connectivity index (χ2v) is 4.88. The molecule has 0 aliphatic carbocycles. The van der Waals surface area contributed by atoms with Crippen molar-refractivity contribution < 1.29 is 0 Å². The lowest BCUT2D eigenvalue weighted by Gasteiger charge is -2.11. The fourth-order valence-electron chi connectivity index (χ4n) is 1.75. The number of aryl methyl sites for hydroxylation is 2. The molecule has 1 aromatic heterocycles. The van der Waals surface area contributed by atoms with Gasteiger partial charge in [0.25, 0.3) is 0 Å². The van der Waals surface area contributed by atoms with Crippen LogP contribution in [0.25, 0.3) is 11.1 Å². The molecule has 0 amide bonds. The lowest BCUT2D eigenvalue weighted by molar-refractivity contribution is 0.790. The quantitative estimate of drug-likeness (QED) is 0.882. The van der Waals surface area contributed by atoms with Crippen LogP contribution in [-0.4, -0.2) is 22.6 Å². The van der Waals surface area contributed by atoms with Crippen molar-refractivity contribution in [1.29, 1.82) is 0 Å². The predicted octanol–water partition coefficient (Wildman–Crippen LogP) is 2.52. The molecule has 4 heteroatoms. The predicted molar refractivity (Wildman–Crippen MR) is 79.1 cm³/mol. The first-order valence-corrected chi connectivity index (χ1v) is 6.46.